The van der Waals surface area contributed by atoms with Crippen molar-refractivity contribution >= 4 is 56.7 Å². The molecule has 0 aromatic heterocycles. The van der Waals surface area contributed by atoms with Crippen LogP contribution in [-0.2, 0) is 11.4 Å². The number of hydrogen-bond donors (Lipinski definition) is 0. The van der Waals surface area contributed by atoms with Gasteiger partial charge >= 0.3 is 0 Å². The molecule has 3 aromatic carbocycles. The third-order valence-electron chi connectivity index (χ3n) is 4.94. The van der Waals surface area contributed by atoms with Gasteiger partial charge in [0.1, 0.15) is 16.7 Å². The molecule has 0 bridgehead atoms. The molecular formula is C23H18N2O4S2. The number of thioether (sulfide) groups is 1. The number of likely N-dealkylation sites (N-methyl/N-ethyl adjacent to an activating group) is 1. The van der Waals surface area contributed by atoms with Crippen LogP contribution in [-0.4, -0.2) is 26.6 Å². The van der Waals surface area contributed by atoms with E-state index < -0.39 is 4.92 Å². The number of ether oxygens (including phenoxy) is 1. The number of thiocarbonyl (C=S) groups is 1. The lowest BCUT2D eigenvalue weighted by atomic mass is 10.1. The molecule has 3 aromatic rings. The third-order valence-corrected chi connectivity index (χ3v) is 6.32. The van der Waals surface area contributed by atoms with Crippen LogP contribution in [0.3, 0.4) is 0 Å². The molecule has 1 aliphatic rings. The molecule has 0 saturated carbocycles. The van der Waals surface area contributed by atoms with Crippen molar-refractivity contribution in [2.24, 2.45) is 0 Å². The molecule has 8 heteroatoms. The van der Waals surface area contributed by atoms with Crippen molar-refractivity contribution in [1.29, 1.82) is 0 Å². The molecule has 6 nitrogen and oxygen atoms in total. The summed E-state index contributed by atoms with van der Waals surface area (Å²) in [6.45, 7) is 2.61. The lowest BCUT2D eigenvalue weighted by Crippen LogP contribution is -2.27. The summed E-state index contributed by atoms with van der Waals surface area (Å²) in [6, 6.07) is 18.4. The number of fused-ring (bicyclic) bond motifs is 1. The summed E-state index contributed by atoms with van der Waals surface area (Å²) in [4.78, 5) is 25.3. The standard InChI is InChI=1S/C23H18N2O4S2/c1-2-24-22(26)21(31-23(24)30)13-17-12-18(25(27)28)10-11-20(17)29-14-16-8-5-7-15-6-3-4-9-19(15)16/h3-13H,2,14H2,1H3/b21-13-. The number of benzene rings is 3. The molecule has 1 heterocycles. The monoisotopic (exact) mass is 450 g/mol. The molecule has 156 valence electrons. The minimum atomic E-state index is -0.469. The molecule has 0 atom stereocenters. The van der Waals surface area contributed by atoms with E-state index in [2.05, 4.69) is 0 Å². The summed E-state index contributed by atoms with van der Waals surface area (Å²) in [5.41, 5.74) is 1.39. The van der Waals surface area contributed by atoms with Crippen LogP contribution in [0.5, 0.6) is 5.75 Å². The van der Waals surface area contributed by atoms with E-state index in [0.29, 0.717) is 27.1 Å². The number of nitrogens with zero attached hydrogens (tertiary/aromatic N) is 2. The van der Waals surface area contributed by atoms with Crippen LogP contribution in [0.2, 0.25) is 0 Å². The maximum Gasteiger partial charge on any atom is 0.270 e. The highest BCUT2D eigenvalue weighted by atomic mass is 32.2. The third kappa shape index (κ3) is 4.30. The van der Waals surface area contributed by atoms with Crippen LogP contribution in [0.4, 0.5) is 5.69 Å². The van der Waals surface area contributed by atoms with Crippen molar-refractivity contribution in [3.63, 3.8) is 0 Å². The Kier molecular flexibility index (Phi) is 6.01. The van der Waals surface area contributed by atoms with Crippen molar-refractivity contribution < 1.29 is 14.5 Å². The highest BCUT2D eigenvalue weighted by Crippen LogP contribution is 2.35. The predicted octanol–water partition coefficient (Wildman–Crippen LogP) is 5.55. The van der Waals surface area contributed by atoms with Crippen LogP contribution in [0.1, 0.15) is 18.1 Å². The highest BCUT2D eigenvalue weighted by Gasteiger charge is 2.31. The fourth-order valence-electron chi connectivity index (χ4n) is 3.38. The average Bonchev–Trinajstić information content (AvgIpc) is 3.04. The van der Waals surface area contributed by atoms with Gasteiger partial charge in [0.05, 0.1) is 9.83 Å². The number of non-ortho nitro benzene ring substituents is 1. The second-order valence-electron chi connectivity index (χ2n) is 6.83. The summed E-state index contributed by atoms with van der Waals surface area (Å²) < 4.78 is 6.53. The number of carbonyl (C=O) groups excluding carboxylic acids is 1. The molecule has 0 N–H and O–H groups in total. The Morgan fingerprint density at radius 1 is 1.16 bits per heavy atom. The molecule has 4 rings (SSSR count). The zero-order valence-corrected chi connectivity index (χ0v) is 18.2. The Hall–Kier alpha value is -3.23. The molecule has 1 saturated heterocycles. The summed E-state index contributed by atoms with van der Waals surface area (Å²) in [6.07, 6.45) is 1.61. The molecule has 0 spiro atoms. The van der Waals surface area contributed by atoms with Gasteiger partial charge in [-0.15, -0.1) is 0 Å². The maximum absolute atomic E-state index is 12.6. The molecule has 1 aliphatic heterocycles. The molecule has 0 aliphatic carbocycles. The zero-order chi connectivity index (χ0) is 22.0. The van der Waals surface area contributed by atoms with Crippen LogP contribution < -0.4 is 4.74 Å². The molecule has 0 unspecified atom stereocenters. The van der Waals surface area contributed by atoms with Crippen molar-refractivity contribution in [3.05, 3.63) is 86.8 Å². The van der Waals surface area contributed by atoms with E-state index in [-0.39, 0.29) is 18.2 Å². The zero-order valence-electron chi connectivity index (χ0n) is 16.6. The van der Waals surface area contributed by atoms with Gasteiger partial charge in [0.15, 0.2) is 0 Å². The Labute approximate surface area is 188 Å². The van der Waals surface area contributed by atoms with E-state index in [1.54, 1.807) is 12.1 Å². The van der Waals surface area contributed by atoms with Crippen molar-refractivity contribution in [3.8, 4) is 5.75 Å². The number of nitro benzene ring substituents is 1. The molecule has 0 radical (unpaired) electrons. The van der Waals surface area contributed by atoms with Gasteiger partial charge in [-0.25, -0.2) is 0 Å². The Morgan fingerprint density at radius 2 is 1.94 bits per heavy atom. The summed E-state index contributed by atoms with van der Waals surface area (Å²) in [7, 11) is 0. The largest absolute Gasteiger partial charge is 0.488 e. The van der Waals surface area contributed by atoms with Crippen LogP contribution in [0, 0.1) is 10.1 Å². The lowest BCUT2D eigenvalue weighted by molar-refractivity contribution is -0.384. The van der Waals surface area contributed by atoms with Crippen molar-refractivity contribution in [2.75, 3.05) is 6.54 Å². The summed E-state index contributed by atoms with van der Waals surface area (Å²) in [5.74, 6) is 0.254. The van der Waals surface area contributed by atoms with Gasteiger partial charge in [0, 0.05) is 24.2 Å². The Bertz CT molecular complexity index is 1230. The van der Waals surface area contributed by atoms with E-state index in [0.717, 1.165) is 16.3 Å². The lowest BCUT2D eigenvalue weighted by Gasteiger charge is -2.12. The van der Waals surface area contributed by atoms with Gasteiger partial charge in [-0.05, 0) is 35.4 Å². The first-order valence-corrected chi connectivity index (χ1v) is 10.8. The number of amides is 1. The first-order chi connectivity index (χ1) is 15.0. The van der Waals surface area contributed by atoms with Gasteiger partial charge < -0.3 is 4.74 Å². The van der Waals surface area contributed by atoms with Crippen molar-refractivity contribution in [2.45, 2.75) is 13.5 Å². The van der Waals surface area contributed by atoms with Gasteiger partial charge in [-0.3, -0.25) is 19.8 Å². The van der Waals surface area contributed by atoms with E-state index in [9.17, 15) is 14.9 Å². The summed E-state index contributed by atoms with van der Waals surface area (Å²) in [5, 5.41) is 13.5. The topological polar surface area (TPSA) is 72.7 Å². The molecule has 31 heavy (non-hydrogen) atoms. The fraction of sp³-hybridized carbons (Fsp3) is 0.130. The van der Waals surface area contributed by atoms with Gasteiger partial charge in [0.2, 0.25) is 0 Å². The maximum atomic E-state index is 12.6. The second kappa shape index (κ2) is 8.87. The second-order valence-corrected chi connectivity index (χ2v) is 8.51. The quantitative estimate of drug-likeness (QED) is 0.212. The van der Waals surface area contributed by atoms with E-state index in [1.807, 2.05) is 49.4 Å². The molecule has 1 amide bonds. The van der Waals surface area contributed by atoms with Crippen LogP contribution >= 0.6 is 24.0 Å². The number of carbonyl (C=O) groups is 1. The molecule has 1 fully saturated rings. The minimum Gasteiger partial charge on any atom is -0.488 e. The van der Waals surface area contributed by atoms with E-state index in [1.165, 1.54) is 28.8 Å². The predicted molar refractivity (Wildman–Crippen MR) is 127 cm³/mol. The van der Waals surface area contributed by atoms with Crippen LogP contribution in [0.25, 0.3) is 16.8 Å². The smallest absolute Gasteiger partial charge is 0.270 e. The fourth-order valence-corrected chi connectivity index (χ4v) is 4.76. The van der Waals surface area contributed by atoms with E-state index in [4.69, 9.17) is 17.0 Å². The van der Waals surface area contributed by atoms with Gasteiger partial charge in [0.25, 0.3) is 11.6 Å². The molecular weight excluding hydrogens is 432 g/mol. The number of hydrogen-bond acceptors (Lipinski definition) is 6. The van der Waals surface area contributed by atoms with Crippen molar-refractivity contribution in [1.82, 2.24) is 4.90 Å². The van der Waals surface area contributed by atoms with Gasteiger partial charge in [-0.2, -0.15) is 0 Å². The van der Waals surface area contributed by atoms with Crippen LogP contribution in [0.15, 0.2) is 65.6 Å². The number of nitro groups is 1. The Morgan fingerprint density at radius 3 is 2.68 bits per heavy atom. The highest BCUT2D eigenvalue weighted by molar-refractivity contribution is 8.26. The number of rotatable bonds is 6. The summed E-state index contributed by atoms with van der Waals surface area (Å²) >= 11 is 6.44. The normalized spacial score (nSPS) is 15.1. The Balaban J connectivity index is 1.68. The van der Waals surface area contributed by atoms with E-state index >= 15 is 0 Å². The first-order valence-electron chi connectivity index (χ1n) is 9.61. The van der Waals surface area contributed by atoms with Gasteiger partial charge in [-0.1, -0.05) is 66.4 Å². The SMILES string of the molecule is CCN1C(=O)/C(=C/c2cc([N+](=O)[O-])ccc2OCc2cccc3ccccc23)SC1=S. The first kappa shape index (κ1) is 21.0. The minimum absolute atomic E-state index is 0.0743. The average molecular weight is 451 g/mol.